The molecule has 9 heteroatoms. The van der Waals surface area contributed by atoms with Crippen LogP contribution in [-0.2, 0) is 9.53 Å². The summed E-state index contributed by atoms with van der Waals surface area (Å²) >= 11 is 5.90. The van der Waals surface area contributed by atoms with Crippen molar-refractivity contribution < 1.29 is 19.2 Å². The third-order valence-corrected chi connectivity index (χ3v) is 3.81. The molecule has 0 fully saturated rings. The Morgan fingerprint density at radius 2 is 1.96 bits per heavy atom. The van der Waals surface area contributed by atoms with E-state index in [2.05, 4.69) is 5.32 Å². The van der Waals surface area contributed by atoms with Gasteiger partial charge in [0, 0.05) is 22.8 Å². The first-order valence-corrected chi connectivity index (χ1v) is 7.88. The number of ether oxygens (including phenoxy) is 1. The van der Waals surface area contributed by atoms with E-state index in [9.17, 15) is 19.7 Å². The van der Waals surface area contributed by atoms with Crippen molar-refractivity contribution in [3.05, 3.63) is 62.7 Å². The number of amides is 1. The second kappa shape index (κ2) is 7.83. The zero-order chi connectivity index (χ0) is 19.4. The molecule has 0 unspecified atom stereocenters. The minimum absolute atomic E-state index is 0.0609. The Hall–Kier alpha value is -3.13. The summed E-state index contributed by atoms with van der Waals surface area (Å²) in [4.78, 5) is 34.4. The summed E-state index contributed by atoms with van der Waals surface area (Å²) in [7, 11) is 0. The second-order valence-corrected chi connectivity index (χ2v) is 5.96. The van der Waals surface area contributed by atoms with E-state index < -0.39 is 22.9 Å². The molecule has 0 spiro atoms. The van der Waals surface area contributed by atoms with Crippen molar-refractivity contribution in [2.24, 2.45) is 0 Å². The quantitative estimate of drug-likeness (QED) is 0.356. The fraction of sp³-hybridized carbons (Fsp3) is 0.176. The summed E-state index contributed by atoms with van der Waals surface area (Å²) in [6, 6.07) is 8.38. The highest BCUT2D eigenvalue weighted by molar-refractivity contribution is 6.31. The number of nitrogen functional groups attached to an aromatic ring is 1. The van der Waals surface area contributed by atoms with Gasteiger partial charge in [-0.15, -0.1) is 0 Å². The Balaban J connectivity index is 2.07. The van der Waals surface area contributed by atoms with Crippen LogP contribution in [0.25, 0.3) is 0 Å². The summed E-state index contributed by atoms with van der Waals surface area (Å²) in [5.41, 5.74) is 6.53. The van der Waals surface area contributed by atoms with Crippen LogP contribution < -0.4 is 11.1 Å². The first kappa shape index (κ1) is 19.2. The Morgan fingerprint density at radius 3 is 2.58 bits per heavy atom. The summed E-state index contributed by atoms with van der Waals surface area (Å²) in [6.45, 7) is 3.19. The lowest BCUT2D eigenvalue weighted by molar-refractivity contribution is -0.384. The van der Waals surface area contributed by atoms with Crippen LogP contribution in [0.1, 0.15) is 22.8 Å². The van der Waals surface area contributed by atoms with E-state index in [1.54, 1.807) is 25.1 Å². The third kappa shape index (κ3) is 4.48. The van der Waals surface area contributed by atoms with Crippen molar-refractivity contribution >= 4 is 40.5 Å². The fourth-order valence-corrected chi connectivity index (χ4v) is 2.26. The van der Waals surface area contributed by atoms with E-state index in [0.29, 0.717) is 10.7 Å². The summed E-state index contributed by atoms with van der Waals surface area (Å²) in [5.74, 6) is -1.41. The molecule has 0 saturated heterocycles. The molecule has 0 aliphatic heterocycles. The Bertz CT molecular complexity index is 885. The van der Waals surface area contributed by atoms with Crippen molar-refractivity contribution in [2.75, 3.05) is 11.1 Å². The number of hydrogen-bond acceptors (Lipinski definition) is 6. The molecule has 3 N–H and O–H groups in total. The number of halogens is 1. The lowest BCUT2D eigenvalue weighted by Crippen LogP contribution is -2.30. The number of nitro groups is 1. The largest absolute Gasteiger partial charge is 0.449 e. The molecule has 0 aliphatic rings. The van der Waals surface area contributed by atoms with Gasteiger partial charge in [0.15, 0.2) is 6.10 Å². The predicted octanol–water partition coefficient (Wildman–Crippen LogP) is 3.32. The van der Waals surface area contributed by atoms with Crippen LogP contribution in [0, 0.1) is 17.0 Å². The zero-order valence-electron chi connectivity index (χ0n) is 14.0. The molecule has 8 nitrogen and oxygen atoms in total. The van der Waals surface area contributed by atoms with Gasteiger partial charge in [0.25, 0.3) is 11.6 Å². The SMILES string of the molecule is Cc1ccc(Cl)cc1NC(=O)[C@@H](C)OC(=O)c1ccc([N+](=O)[O-])cc1N. The molecule has 2 aromatic carbocycles. The summed E-state index contributed by atoms with van der Waals surface area (Å²) in [5, 5.41) is 13.8. The van der Waals surface area contributed by atoms with Crippen molar-refractivity contribution in [3.8, 4) is 0 Å². The van der Waals surface area contributed by atoms with E-state index in [4.69, 9.17) is 22.1 Å². The van der Waals surface area contributed by atoms with Gasteiger partial charge in [-0.2, -0.15) is 0 Å². The molecule has 0 aliphatic carbocycles. The molecule has 0 bridgehead atoms. The van der Waals surface area contributed by atoms with Gasteiger partial charge in [0.05, 0.1) is 16.2 Å². The van der Waals surface area contributed by atoms with Gasteiger partial charge in [0.1, 0.15) is 0 Å². The predicted molar refractivity (Wildman–Crippen MR) is 97.2 cm³/mol. The van der Waals surface area contributed by atoms with Gasteiger partial charge >= 0.3 is 5.97 Å². The van der Waals surface area contributed by atoms with Crippen LogP contribution in [0.15, 0.2) is 36.4 Å². The zero-order valence-corrected chi connectivity index (χ0v) is 14.7. The molecule has 2 rings (SSSR count). The monoisotopic (exact) mass is 377 g/mol. The number of carbonyl (C=O) groups is 2. The van der Waals surface area contributed by atoms with E-state index in [-0.39, 0.29) is 16.9 Å². The molecule has 1 atom stereocenters. The first-order chi connectivity index (χ1) is 12.2. The molecule has 0 aromatic heterocycles. The lowest BCUT2D eigenvalue weighted by atomic mass is 10.1. The number of anilines is 2. The van der Waals surface area contributed by atoms with E-state index in [0.717, 1.165) is 17.7 Å². The van der Waals surface area contributed by atoms with Crippen LogP contribution in [0.4, 0.5) is 17.1 Å². The molecule has 0 heterocycles. The van der Waals surface area contributed by atoms with Gasteiger partial charge in [-0.25, -0.2) is 4.79 Å². The molecular formula is C17H16ClN3O5. The van der Waals surface area contributed by atoms with E-state index in [1.165, 1.54) is 13.0 Å². The van der Waals surface area contributed by atoms with Crippen molar-refractivity contribution in [3.63, 3.8) is 0 Å². The minimum Gasteiger partial charge on any atom is -0.449 e. The number of carbonyl (C=O) groups excluding carboxylic acids is 2. The lowest BCUT2D eigenvalue weighted by Gasteiger charge is -2.15. The van der Waals surface area contributed by atoms with Gasteiger partial charge in [-0.1, -0.05) is 17.7 Å². The number of nitrogens with zero attached hydrogens (tertiary/aromatic N) is 1. The average Bonchev–Trinajstić information content (AvgIpc) is 2.57. The van der Waals surface area contributed by atoms with E-state index in [1.807, 2.05) is 0 Å². The molecule has 2 aromatic rings. The van der Waals surface area contributed by atoms with Crippen LogP contribution >= 0.6 is 11.6 Å². The summed E-state index contributed by atoms with van der Waals surface area (Å²) in [6.07, 6.45) is -1.12. The van der Waals surface area contributed by atoms with Crippen molar-refractivity contribution in [2.45, 2.75) is 20.0 Å². The highest BCUT2D eigenvalue weighted by atomic mass is 35.5. The van der Waals surface area contributed by atoms with Gasteiger partial charge in [-0.3, -0.25) is 14.9 Å². The first-order valence-electron chi connectivity index (χ1n) is 7.51. The Morgan fingerprint density at radius 1 is 1.27 bits per heavy atom. The smallest absolute Gasteiger partial charge is 0.341 e. The fourth-order valence-electron chi connectivity index (χ4n) is 2.09. The highest BCUT2D eigenvalue weighted by Gasteiger charge is 2.22. The van der Waals surface area contributed by atoms with Crippen LogP contribution in [0.5, 0.6) is 0 Å². The maximum absolute atomic E-state index is 12.2. The Labute approximate surface area is 154 Å². The third-order valence-electron chi connectivity index (χ3n) is 3.58. The van der Waals surface area contributed by atoms with Gasteiger partial charge in [0.2, 0.25) is 0 Å². The minimum atomic E-state index is -1.12. The van der Waals surface area contributed by atoms with Crippen molar-refractivity contribution in [1.82, 2.24) is 0 Å². The Kier molecular flexibility index (Phi) is 5.78. The number of hydrogen-bond donors (Lipinski definition) is 2. The van der Waals surface area contributed by atoms with Crippen molar-refractivity contribution in [1.29, 1.82) is 0 Å². The number of non-ortho nitro benzene ring substituents is 1. The number of benzene rings is 2. The number of nitrogens with two attached hydrogens (primary N) is 1. The van der Waals surface area contributed by atoms with Crippen LogP contribution in [0.3, 0.4) is 0 Å². The maximum Gasteiger partial charge on any atom is 0.341 e. The molecular weight excluding hydrogens is 362 g/mol. The second-order valence-electron chi connectivity index (χ2n) is 5.52. The number of aryl methyl sites for hydroxylation is 1. The molecule has 0 radical (unpaired) electrons. The highest BCUT2D eigenvalue weighted by Crippen LogP contribution is 2.22. The number of nitro benzene ring substituents is 1. The van der Waals surface area contributed by atoms with Crippen LogP contribution in [0.2, 0.25) is 5.02 Å². The molecule has 136 valence electrons. The van der Waals surface area contributed by atoms with E-state index >= 15 is 0 Å². The maximum atomic E-state index is 12.2. The number of rotatable bonds is 5. The van der Waals surface area contributed by atoms with Gasteiger partial charge < -0.3 is 15.8 Å². The topological polar surface area (TPSA) is 125 Å². The molecule has 1 amide bonds. The van der Waals surface area contributed by atoms with Crippen LogP contribution in [-0.4, -0.2) is 22.9 Å². The average molecular weight is 378 g/mol. The number of esters is 1. The van der Waals surface area contributed by atoms with Gasteiger partial charge in [-0.05, 0) is 37.6 Å². The molecule has 0 saturated carbocycles. The normalized spacial score (nSPS) is 11.5. The molecule has 26 heavy (non-hydrogen) atoms. The standard InChI is InChI=1S/C17H16ClN3O5/c1-9-3-4-11(18)7-15(9)20-16(22)10(2)26-17(23)13-6-5-12(21(24)25)8-14(13)19/h3-8,10H,19H2,1-2H3,(H,20,22)/t10-/m1/s1. The number of nitrogens with one attached hydrogen (secondary N) is 1. The summed E-state index contributed by atoms with van der Waals surface area (Å²) < 4.78 is 5.09.